The first-order valence-corrected chi connectivity index (χ1v) is 8.73. The number of amides is 2. The lowest BCUT2D eigenvalue weighted by atomic mass is 10.0. The average Bonchev–Trinajstić information content (AvgIpc) is 3.03. The normalized spacial score (nSPS) is 17.1. The number of carbonyl (C=O) groups excluding carboxylic acids is 2. The third-order valence-corrected chi connectivity index (χ3v) is 5.05. The molecule has 25 heavy (non-hydrogen) atoms. The summed E-state index contributed by atoms with van der Waals surface area (Å²) in [4.78, 5) is 32.6. The molecule has 1 aromatic carbocycles. The number of pyridine rings is 1. The molecule has 0 N–H and O–H groups in total. The number of fused-ring (bicyclic) bond motifs is 1. The van der Waals surface area contributed by atoms with E-state index in [9.17, 15) is 9.59 Å². The molecule has 1 saturated heterocycles. The zero-order valence-electron chi connectivity index (χ0n) is 15.4. The van der Waals surface area contributed by atoms with Crippen LogP contribution in [-0.2, 0) is 4.79 Å². The zero-order valence-corrected chi connectivity index (χ0v) is 15.4. The first-order valence-electron chi connectivity index (χ1n) is 8.73. The van der Waals surface area contributed by atoms with Crippen LogP contribution in [0.4, 0.5) is 0 Å². The number of aryl methyl sites for hydroxylation is 2. The molecule has 5 nitrogen and oxygen atoms in total. The minimum Gasteiger partial charge on any atom is -0.343 e. The SMILES string of the molecule is CC(=O)N1CCC(CN(C)C(=O)c2cc(C)cc3c(C)ccnc23)C1. The highest BCUT2D eigenvalue weighted by Crippen LogP contribution is 2.24. The summed E-state index contributed by atoms with van der Waals surface area (Å²) in [6.45, 7) is 7.82. The second-order valence-corrected chi connectivity index (χ2v) is 7.14. The molecule has 0 saturated carbocycles. The predicted molar refractivity (Wildman–Crippen MR) is 98.5 cm³/mol. The minimum atomic E-state index is -0.00641. The number of hydrogen-bond acceptors (Lipinski definition) is 3. The smallest absolute Gasteiger partial charge is 0.255 e. The molecule has 1 atom stereocenters. The Balaban J connectivity index is 1.82. The van der Waals surface area contributed by atoms with Crippen LogP contribution in [0, 0.1) is 19.8 Å². The number of benzene rings is 1. The molecule has 0 aliphatic carbocycles. The van der Waals surface area contributed by atoms with Gasteiger partial charge in [0.05, 0.1) is 11.1 Å². The molecule has 1 aliphatic rings. The Kier molecular flexibility index (Phi) is 4.75. The second kappa shape index (κ2) is 6.82. The molecule has 0 spiro atoms. The monoisotopic (exact) mass is 339 g/mol. The summed E-state index contributed by atoms with van der Waals surface area (Å²) < 4.78 is 0. The highest BCUT2D eigenvalue weighted by Gasteiger charge is 2.27. The van der Waals surface area contributed by atoms with Gasteiger partial charge in [0.15, 0.2) is 0 Å². The van der Waals surface area contributed by atoms with Crippen LogP contribution in [0.25, 0.3) is 10.9 Å². The minimum absolute atomic E-state index is 0.00641. The Morgan fingerprint density at radius 1 is 1.32 bits per heavy atom. The molecule has 2 aromatic rings. The Morgan fingerprint density at radius 2 is 2.08 bits per heavy atom. The average molecular weight is 339 g/mol. The van der Waals surface area contributed by atoms with Crippen molar-refractivity contribution in [3.05, 3.63) is 41.1 Å². The Hall–Kier alpha value is -2.43. The molecule has 1 aliphatic heterocycles. The lowest BCUT2D eigenvalue weighted by Crippen LogP contribution is -2.34. The third kappa shape index (κ3) is 3.50. The molecule has 1 fully saturated rings. The van der Waals surface area contributed by atoms with Gasteiger partial charge in [-0.15, -0.1) is 0 Å². The van der Waals surface area contributed by atoms with Gasteiger partial charge in [0.1, 0.15) is 0 Å². The van der Waals surface area contributed by atoms with Crippen molar-refractivity contribution in [3.8, 4) is 0 Å². The van der Waals surface area contributed by atoms with Crippen LogP contribution < -0.4 is 0 Å². The summed E-state index contributed by atoms with van der Waals surface area (Å²) in [7, 11) is 1.84. The van der Waals surface area contributed by atoms with Crippen molar-refractivity contribution in [2.45, 2.75) is 27.2 Å². The van der Waals surface area contributed by atoms with E-state index in [1.807, 2.05) is 37.9 Å². The number of carbonyl (C=O) groups is 2. The van der Waals surface area contributed by atoms with E-state index in [-0.39, 0.29) is 11.8 Å². The van der Waals surface area contributed by atoms with Crippen molar-refractivity contribution >= 4 is 22.7 Å². The van der Waals surface area contributed by atoms with Gasteiger partial charge < -0.3 is 9.80 Å². The van der Waals surface area contributed by atoms with Gasteiger partial charge in [-0.2, -0.15) is 0 Å². The van der Waals surface area contributed by atoms with E-state index in [4.69, 9.17) is 0 Å². The maximum Gasteiger partial charge on any atom is 0.255 e. The van der Waals surface area contributed by atoms with Crippen LogP contribution in [0.15, 0.2) is 24.4 Å². The maximum atomic E-state index is 13.0. The van der Waals surface area contributed by atoms with E-state index >= 15 is 0 Å². The van der Waals surface area contributed by atoms with Gasteiger partial charge >= 0.3 is 0 Å². The zero-order chi connectivity index (χ0) is 18.1. The van der Waals surface area contributed by atoms with Crippen molar-refractivity contribution < 1.29 is 9.59 Å². The van der Waals surface area contributed by atoms with Gasteiger partial charge in [0.25, 0.3) is 5.91 Å². The van der Waals surface area contributed by atoms with Crippen LogP contribution in [0.3, 0.4) is 0 Å². The van der Waals surface area contributed by atoms with E-state index in [0.717, 1.165) is 41.5 Å². The summed E-state index contributed by atoms with van der Waals surface area (Å²) >= 11 is 0. The van der Waals surface area contributed by atoms with Crippen LogP contribution in [0.1, 0.15) is 34.8 Å². The molecule has 0 bridgehead atoms. The fourth-order valence-electron chi connectivity index (χ4n) is 3.64. The fourth-order valence-corrected chi connectivity index (χ4v) is 3.64. The quantitative estimate of drug-likeness (QED) is 0.864. The number of rotatable bonds is 3. The topological polar surface area (TPSA) is 53.5 Å². The van der Waals surface area contributed by atoms with Crippen molar-refractivity contribution in [1.29, 1.82) is 0 Å². The summed E-state index contributed by atoms with van der Waals surface area (Å²) in [6, 6.07) is 5.97. The van der Waals surface area contributed by atoms with Gasteiger partial charge in [0.2, 0.25) is 5.91 Å². The first kappa shape index (κ1) is 17.4. The lowest BCUT2D eigenvalue weighted by Gasteiger charge is -2.22. The van der Waals surface area contributed by atoms with E-state index in [2.05, 4.69) is 11.1 Å². The van der Waals surface area contributed by atoms with Crippen molar-refractivity contribution in [3.63, 3.8) is 0 Å². The van der Waals surface area contributed by atoms with Gasteiger partial charge in [0, 0.05) is 45.2 Å². The summed E-state index contributed by atoms with van der Waals surface area (Å²) in [5.41, 5.74) is 3.60. The molecule has 5 heteroatoms. The molecule has 1 aromatic heterocycles. The fraction of sp³-hybridized carbons (Fsp3) is 0.450. The molecule has 1 unspecified atom stereocenters. The van der Waals surface area contributed by atoms with Crippen LogP contribution >= 0.6 is 0 Å². The van der Waals surface area contributed by atoms with Gasteiger partial charge in [-0.1, -0.05) is 0 Å². The standard InChI is InChI=1S/C20H25N3O2/c1-13-9-17-14(2)5-7-21-19(17)18(10-13)20(25)22(4)11-16-6-8-23(12-16)15(3)24/h5,7,9-10,16H,6,8,11-12H2,1-4H3. The van der Waals surface area contributed by atoms with E-state index in [1.54, 1.807) is 18.0 Å². The lowest BCUT2D eigenvalue weighted by molar-refractivity contribution is -0.127. The number of likely N-dealkylation sites (tertiary alicyclic amines) is 1. The van der Waals surface area contributed by atoms with Gasteiger partial charge in [-0.3, -0.25) is 14.6 Å². The molecular weight excluding hydrogens is 314 g/mol. The highest BCUT2D eigenvalue weighted by atomic mass is 16.2. The Labute approximate surface area is 148 Å². The highest BCUT2D eigenvalue weighted by molar-refractivity contribution is 6.06. The number of nitrogens with zero attached hydrogens (tertiary/aromatic N) is 3. The van der Waals surface area contributed by atoms with Crippen molar-refractivity contribution in [2.75, 3.05) is 26.7 Å². The van der Waals surface area contributed by atoms with Crippen molar-refractivity contribution in [1.82, 2.24) is 14.8 Å². The first-order chi connectivity index (χ1) is 11.9. The number of aromatic nitrogens is 1. The van der Waals surface area contributed by atoms with Crippen LogP contribution in [0.2, 0.25) is 0 Å². The van der Waals surface area contributed by atoms with E-state index < -0.39 is 0 Å². The van der Waals surface area contributed by atoms with E-state index in [1.165, 1.54) is 0 Å². The summed E-state index contributed by atoms with van der Waals surface area (Å²) in [5.74, 6) is 0.442. The molecule has 0 radical (unpaired) electrons. The van der Waals surface area contributed by atoms with Gasteiger partial charge in [-0.05, 0) is 55.5 Å². The molecule has 132 valence electrons. The van der Waals surface area contributed by atoms with E-state index in [0.29, 0.717) is 18.0 Å². The van der Waals surface area contributed by atoms with Crippen LogP contribution in [0.5, 0.6) is 0 Å². The summed E-state index contributed by atoms with van der Waals surface area (Å²) in [5, 5.41) is 1.03. The van der Waals surface area contributed by atoms with Crippen molar-refractivity contribution in [2.24, 2.45) is 5.92 Å². The Morgan fingerprint density at radius 3 is 2.76 bits per heavy atom. The second-order valence-electron chi connectivity index (χ2n) is 7.14. The molecular formula is C20H25N3O2. The maximum absolute atomic E-state index is 13.0. The predicted octanol–water partition coefficient (Wildman–Crippen LogP) is 2.79. The number of hydrogen-bond donors (Lipinski definition) is 0. The molecule has 3 rings (SSSR count). The molecule has 2 heterocycles. The molecule has 2 amide bonds. The third-order valence-electron chi connectivity index (χ3n) is 5.05. The van der Waals surface area contributed by atoms with Crippen LogP contribution in [-0.4, -0.2) is 53.3 Å². The summed E-state index contributed by atoms with van der Waals surface area (Å²) in [6.07, 6.45) is 2.70. The Bertz CT molecular complexity index is 831. The largest absolute Gasteiger partial charge is 0.343 e. The van der Waals surface area contributed by atoms with Gasteiger partial charge in [-0.25, -0.2) is 0 Å².